The SMILES string of the molecule is Cc1ccccc1C(=O)Nc1ccc(S(=O)(=O)NC2CCN(C(=O)OC(C)C)C[C@H]2C)c2ccccc12. The molecular weight excluding hydrogens is 490 g/mol. The molecule has 2 atom stereocenters. The van der Waals surface area contributed by atoms with Gasteiger partial charge in [0.15, 0.2) is 0 Å². The molecule has 8 nitrogen and oxygen atoms in total. The highest BCUT2D eigenvalue weighted by Gasteiger charge is 2.33. The predicted molar refractivity (Wildman–Crippen MR) is 144 cm³/mol. The van der Waals surface area contributed by atoms with Gasteiger partial charge in [-0.25, -0.2) is 17.9 Å². The lowest BCUT2D eigenvalue weighted by molar-refractivity contribution is 0.0600. The number of sulfonamides is 1. The van der Waals surface area contributed by atoms with Crippen molar-refractivity contribution in [3.63, 3.8) is 0 Å². The molecule has 3 aromatic rings. The van der Waals surface area contributed by atoms with Crippen molar-refractivity contribution >= 4 is 38.5 Å². The number of hydrogen-bond donors (Lipinski definition) is 2. The summed E-state index contributed by atoms with van der Waals surface area (Å²) in [7, 11) is -3.88. The highest BCUT2D eigenvalue weighted by Crippen LogP contribution is 2.31. The van der Waals surface area contributed by atoms with Crippen LogP contribution in [0.2, 0.25) is 0 Å². The van der Waals surface area contributed by atoms with Gasteiger partial charge < -0.3 is 15.0 Å². The Balaban J connectivity index is 1.55. The number of piperidine rings is 1. The first-order valence-corrected chi connectivity index (χ1v) is 13.9. The fourth-order valence-electron chi connectivity index (χ4n) is 4.66. The molecule has 3 aromatic carbocycles. The highest BCUT2D eigenvalue weighted by atomic mass is 32.2. The van der Waals surface area contributed by atoms with E-state index in [4.69, 9.17) is 4.74 Å². The maximum atomic E-state index is 13.5. The van der Waals surface area contributed by atoms with E-state index in [0.717, 1.165) is 5.56 Å². The molecule has 9 heteroatoms. The number of carbonyl (C=O) groups excluding carboxylic acids is 2. The van der Waals surface area contributed by atoms with Gasteiger partial charge in [0.1, 0.15) is 0 Å². The monoisotopic (exact) mass is 523 g/mol. The fourth-order valence-corrected chi connectivity index (χ4v) is 6.25. The van der Waals surface area contributed by atoms with Crippen molar-refractivity contribution in [3.8, 4) is 0 Å². The van der Waals surface area contributed by atoms with E-state index in [1.54, 1.807) is 55.1 Å². The zero-order chi connectivity index (χ0) is 26.7. The average molecular weight is 524 g/mol. The van der Waals surface area contributed by atoms with E-state index in [-0.39, 0.29) is 35.0 Å². The Hall–Kier alpha value is -3.43. The number of benzene rings is 3. The van der Waals surface area contributed by atoms with Gasteiger partial charge >= 0.3 is 6.09 Å². The van der Waals surface area contributed by atoms with Gasteiger partial charge in [0, 0.05) is 41.2 Å². The smallest absolute Gasteiger partial charge is 0.410 e. The number of carbonyl (C=O) groups is 2. The lowest BCUT2D eigenvalue weighted by Crippen LogP contribution is -2.51. The van der Waals surface area contributed by atoms with Gasteiger partial charge in [-0.05, 0) is 56.9 Å². The van der Waals surface area contributed by atoms with Crippen molar-refractivity contribution in [2.24, 2.45) is 5.92 Å². The Labute approximate surface area is 218 Å². The van der Waals surface area contributed by atoms with Crippen LogP contribution in [0.25, 0.3) is 10.8 Å². The van der Waals surface area contributed by atoms with Crippen molar-refractivity contribution < 1.29 is 22.7 Å². The highest BCUT2D eigenvalue weighted by molar-refractivity contribution is 7.89. The van der Waals surface area contributed by atoms with Crippen molar-refractivity contribution in [2.45, 2.75) is 51.2 Å². The number of anilines is 1. The standard InChI is InChI=1S/C28H33N3O5S/c1-18(2)36-28(33)31-16-15-24(20(4)17-31)30-37(34,35)26-14-13-25(22-11-7-8-12-23(22)26)29-27(32)21-10-6-5-9-19(21)3/h5-14,18,20,24,30H,15-17H2,1-4H3,(H,29,32)/t20-,24?/m1/s1. The number of fused-ring (bicyclic) bond motifs is 1. The third kappa shape index (κ3) is 5.94. The first kappa shape index (κ1) is 26.6. The molecule has 2 N–H and O–H groups in total. The van der Waals surface area contributed by atoms with E-state index in [2.05, 4.69) is 10.0 Å². The number of aryl methyl sites for hydroxylation is 1. The molecule has 0 aliphatic carbocycles. The molecule has 1 saturated heterocycles. The summed E-state index contributed by atoms with van der Waals surface area (Å²) in [5, 5.41) is 4.08. The summed E-state index contributed by atoms with van der Waals surface area (Å²) in [4.78, 5) is 26.9. The van der Waals surface area contributed by atoms with Gasteiger partial charge in [-0.2, -0.15) is 0 Å². The number of nitrogens with zero attached hydrogens (tertiary/aromatic N) is 1. The summed E-state index contributed by atoms with van der Waals surface area (Å²) in [6.45, 7) is 8.20. The van der Waals surface area contributed by atoms with Gasteiger partial charge in [-0.15, -0.1) is 0 Å². The zero-order valence-corrected chi connectivity index (χ0v) is 22.3. The maximum Gasteiger partial charge on any atom is 0.410 e. The van der Waals surface area contributed by atoms with Gasteiger partial charge in [-0.3, -0.25) is 4.79 Å². The van der Waals surface area contributed by atoms with Crippen LogP contribution >= 0.6 is 0 Å². The van der Waals surface area contributed by atoms with Crippen LogP contribution in [0.4, 0.5) is 10.5 Å². The van der Waals surface area contributed by atoms with Crippen molar-refractivity contribution in [3.05, 3.63) is 71.8 Å². The molecule has 4 rings (SSSR count). The molecule has 0 saturated carbocycles. The summed E-state index contributed by atoms with van der Waals surface area (Å²) < 4.78 is 35.2. The second-order valence-electron chi connectivity index (χ2n) is 9.80. The Morgan fingerprint density at radius 2 is 1.68 bits per heavy atom. The third-order valence-corrected chi connectivity index (χ3v) is 8.17. The van der Waals surface area contributed by atoms with Crippen molar-refractivity contribution in [1.82, 2.24) is 9.62 Å². The van der Waals surface area contributed by atoms with E-state index in [1.165, 1.54) is 6.07 Å². The first-order valence-electron chi connectivity index (χ1n) is 12.4. The molecule has 1 fully saturated rings. The predicted octanol–water partition coefficient (Wildman–Crippen LogP) is 4.93. The summed E-state index contributed by atoms with van der Waals surface area (Å²) >= 11 is 0. The van der Waals surface area contributed by atoms with Crippen LogP contribution in [-0.4, -0.2) is 50.6 Å². The van der Waals surface area contributed by atoms with E-state index in [1.807, 2.05) is 32.0 Å². The van der Waals surface area contributed by atoms with E-state index < -0.39 is 10.0 Å². The number of nitrogens with one attached hydrogen (secondary N) is 2. The Morgan fingerprint density at radius 3 is 2.35 bits per heavy atom. The van der Waals surface area contributed by atoms with Crippen LogP contribution in [0, 0.1) is 12.8 Å². The van der Waals surface area contributed by atoms with Crippen LogP contribution in [-0.2, 0) is 14.8 Å². The number of likely N-dealkylation sites (tertiary alicyclic amines) is 1. The molecule has 0 aromatic heterocycles. The molecule has 1 aliphatic heterocycles. The molecule has 1 unspecified atom stereocenters. The number of hydrogen-bond acceptors (Lipinski definition) is 5. The van der Waals surface area contributed by atoms with E-state index in [0.29, 0.717) is 41.5 Å². The van der Waals surface area contributed by atoms with Gasteiger partial charge in [0.2, 0.25) is 10.0 Å². The lowest BCUT2D eigenvalue weighted by Gasteiger charge is -2.36. The summed E-state index contributed by atoms with van der Waals surface area (Å²) in [6, 6.07) is 17.2. The van der Waals surface area contributed by atoms with Crippen LogP contribution in [0.3, 0.4) is 0 Å². The summed E-state index contributed by atoms with van der Waals surface area (Å²) in [5.41, 5.74) is 1.95. The minimum atomic E-state index is -3.88. The Bertz CT molecular complexity index is 1420. The molecule has 0 bridgehead atoms. The van der Waals surface area contributed by atoms with Crippen LogP contribution < -0.4 is 10.0 Å². The second kappa shape index (κ2) is 10.9. The largest absolute Gasteiger partial charge is 0.447 e. The molecule has 196 valence electrons. The summed E-state index contributed by atoms with van der Waals surface area (Å²) in [6.07, 6.45) is -0.106. The number of amides is 2. The van der Waals surface area contributed by atoms with E-state index in [9.17, 15) is 18.0 Å². The molecule has 2 amide bonds. The van der Waals surface area contributed by atoms with Gasteiger partial charge in [-0.1, -0.05) is 49.4 Å². The normalized spacial score (nSPS) is 18.1. The lowest BCUT2D eigenvalue weighted by atomic mass is 9.95. The van der Waals surface area contributed by atoms with Crippen molar-refractivity contribution in [2.75, 3.05) is 18.4 Å². The fraction of sp³-hybridized carbons (Fsp3) is 0.357. The quantitative estimate of drug-likeness (QED) is 0.477. The van der Waals surface area contributed by atoms with Crippen LogP contribution in [0.15, 0.2) is 65.6 Å². The molecular formula is C28H33N3O5S. The Morgan fingerprint density at radius 1 is 1.00 bits per heavy atom. The number of ether oxygens (including phenoxy) is 1. The van der Waals surface area contributed by atoms with Crippen LogP contribution in [0.5, 0.6) is 0 Å². The second-order valence-corrected chi connectivity index (χ2v) is 11.5. The zero-order valence-electron chi connectivity index (χ0n) is 21.5. The molecule has 1 aliphatic rings. The average Bonchev–Trinajstić information content (AvgIpc) is 2.85. The minimum Gasteiger partial charge on any atom is -0.447 e. The first-order chi connectivity index (χ1) is 17.6. The topological polar surface area (TPSA) is 105 Å². The van der Waals surface area contributed by atoms with E-state index >= 15 is 0 Å². The summed E-state index contributed by atoms with van der Waals surface area (Å²) in [5.74, 6) is -0.351. The van der Waals surface area contributed by atoms with Gasteiger partial charge in [0.05, 0.1) is 11.0 Å². The number of rotatable bonds is 6. The minimum absolute atomic E-state index is 0.0952. The Kier molecular flexibility index (Phi) is 7.85. The molecule has 0 radical (unpaired) electrons. The molecule has 37 heavy (non-hydrogen) atoms. The molecule has 1 heterocycles. The van der Waals surface area contributed by atoms with Crippen LogP contribution in [0.1, 0.15) is 43.1 Å². The third-order valence-electron chi connectivity index (χ3n) is 6.62. The van der Waals surface area contributed by atoms with Gasteiger partial charge in [0.25, 0.3) is 5.91 Å². The maximum absolute atomic E-state index is 13.5. The van der Waals surface area contributed by atoms with Crippen molar-refractivity contribution in [1.29, 1.82) is 0 Å². The molecule has 0 spiro atoms.